The zero-order valence-corrected chi connectivity index (χ0v) is 17.6. The van der Waals surface area contributed by atoms with E-state index >= 15 is 0 Å². The third-order valence-electron chi connectivity index (χ3n) is 4.79. The highest BCUT2D eigenvalue weighted by Gasteiger charge is 2.36. The molecule has 1 aromatic heterocycles. The highest BCUT2D eigenvalue weighted by molar-refractivity contribution is 6.31. The van der Waals surface area contributed by atoms with E-state index in [-0.39, 0.29) is 24.5 Å². The van der Waals surface area contributed by atoms with Crippen LogP contribution in [0, 0.1) is 5.82 Å². The summed E-state index contributed by atoms with van der Waals surface area (Å²) in [4.78, 5) is 50.5. The van der Waals surface area contributed by atoms with Gasteiger partial charge in [-0.15, -0.1) is 0 Å². The summed E-state index contributed by atoms with van der Waals surface area (Å²) in [5, 5.41) is 4.70. The number of furan rings is 1. The van der Waals surface area contributed by atoms with Gasteiger partial charge in [0, 0.05) is 11.3 Å². The highest BCUT2D eigenvalue weighted by Crippen LogP contribution is 2.24. The number of rotatable bonds is 7. The number of urea groups is 1. The van der Waals surface area contributed by atoms with Crippen molar-refractivity contribution in [3.05, 3.63) is 89.6 Å². The number of barbiturate groups is 1. The summed E-state index contributed by atoms with van der Waals surface area (Å²) >= 11 is 0. The summed E-state index contributed by atoms with van der Waals surface area (Å²) in [5.74, 6) is -1.96. The largest absolute Gasteiger partial charge is 0.483 e. The Morgan fingerprint density at radius 1 is 1.06 bits per heavy atom. The van der Waals surface area contributed by atoms with Gasteiger partial charge in [-0.3, -0.25) is 24.6 Å². The standard InChI is InChI=1S/C24H18FN3O6/c25-16-7-9-17(10-8-16)26-21(29)14-34-20-6-2-1-4-15(20)12-19-22(30)27-24(32)28(23(19)31)13-18-5-3-11-33-18/h1-12H,13-14H2,(H,26,29)(H,27,30,32). The van der Waals surface area contributed by atoms with Crippen LogP contribution >= 0.6 is 0 Å². The SMILES string of the molecule is O=C(COc1ccccc1C=C1C(=O)NC(=O)N(Cc2ccco2)C1=O)Nc1ccc(F)cc1. The smallest absolute Gasteiger partial charge is 0.331 e. The molecule has 0 spiro atoms. The van der Waals surface area contributed by atoms with Gasteiger partial charge in [0.2, 0.25) is 0 Å². The van der Waals surface area contributed by atoms with Crippen LogP contribution in [0.1, 0.15) is 11.3 Å². The summed E-state index contributed by atoms with van der Waals surface area (Å²) < 4.78 is 23.8. The van der Waals surface area contributed by atoms with E-state index < -0.39 is 29.6 Å². The Kier molecular flexibility index (Phi) is 6.49. The van der Waals surface area contributed by atoms with Crippen molar-refractivity contribution in [2.24, 2.45) is 0 Å². The lowest BCUT2D eigenvalue weighted by molar-refractivity contribution is -0.130. The van der Waals surface area contributed by atoms with Crippen LogP contribution in [0.25, 0.3) is 6.08 Å². The number of nitrogens with zero attached hydrogens (tertiary/aromatic N) is 1. The molecule has 4 rings (SSSR count). The molecule has 0 bridgehead atoms. The molecule has 1 aliphatic heterocycles. The lowest BCUT2D eigenvalue weighted by Crippen LogP contribution is -2.53. The van der Waals surface area contributed by atoms with Crippen LogP contribution in [-0.4, -0.2) is 35.3 Å². The third-order valence-corrected chi connectivity index (χ3v) is 4.79. The minimum Gasteiger partial charge on any atom is -0.483 e. The molecule has 0 aliphatic carbocycles. The van der Waals surface area contributed by atoms with Crippen LogP contribution in [0.3, 0.4) is 0 Å². The van der Waals surface area contributed by atoms with E-state index in [9.17, 15) is 23.6 Å². The quantitative estimate of drug-likeness (QED) is 0.411. The van der Waals surface area contributed by atoms with Gasteiger partial charge in [0.15, 0.2) is 6.61 Å². The second-order valence-electron chi connectivity index (χ2n) is 7.17. The zero-order valence-electron chi connectivity index (χ0n) is 17.6. The maximum Gasteiger partial charge on any atom is 0.331 e. The molecular formula is C24H18FN3O6. The molecule has 0 saturated carbocycles. The van der Waals surface area contributed by atoms with Gasteiger partial charge in [0.25, 0.3) is 17.7 Å². The van der Waals surface area contributed by atoms with E-state index in [1.807, 2.05) is 0 Å². The number of hydrogen-bond acceptors (Lipinski definition) is 6. The Morgan fingerprint density at radius 3 is 2.56 bits per heavy atom. The summed E-state index contributed by atoms with van der Waals surface area (Å²) in [6.45, 7) is -0.523. The average Bonchev–Trinajstić information content (AvgIpc) is 3.33. The Labute approximate surface area is 192 Å². The lowest BCUT2D eigenvalue weighted by Gasteiger charge is -2.25. The first kappa shape index (κ1) is 22.5. The fourth-order valence-corrected chi connectivity index (χ4v) is 3.16. The molecule has 2 heterocycles. The fourth-order valence-electron chi connectivity index (χ4n) is 3.16. The van der Waals surface area contributed by atoms with Crippen molar-refractivity contribution in [2.45, 2.75) is 6.54 Å². The number of amides is 5. The number of para-hydroxylation sites is 1. The van der Waals surface area contributed by atoms with Gasteiger partial charge in [0.1, 0.15) is 22.9 Å². The topological polar surface area (TPSA) is 118 Å². The fraction of sp³-hybridized carbons (Fsp3) is 0.0833. The van der Waals surface area contributed by atoms with Gasteiger partial charge in [-0.1, -0.05) is 18.2 Å². The van der Waals surface area contributed by atoms with Crippen LogP contribution in [0.2, 0.25) is 0 Å². The van der Waals surface area contributed by atoms with Gasteiger partial charge >= 0.3 is 6.03 Å². The third kappa shape index (κ3) is 5.18. The maximum atomic E-state index is 13.0. The van der Waals surface area contributed by atoms with Gasteiger partial charge in [0.05, 0.1) is 12.8 Å². The summed E-state index contributed by atoms with van der Waals surface area (Å²) in [5.41, 5.74) is 0.469. The second-order valence-corrected chi connectivity index (χ2v) is 7.17. The molecule has 5 amide bonds. The number of benzene rings is 2. The van der Waals surface area contributed by atoms with E-state index in [1.165, 1.54) is 36.6 Å². The van der Waals surface area contributed by atoms with E-state index in [0.29, 0.717) is 17.0 Å². The minimum absolute atomic E-state index is 0.149. The first-order chi connectivity index (χ1) is 16.4. The normalized spacial score (nSPS) is 14.8. The number of ether oxygens (including phenoxy) is 1. The Morgan fingerprint density at radius 2 is 1.82 bits per heavy atom. The van der Waals surface area contributed by atoms with Crippen LogP contribution < -0.4 is 15.4 Å². The van der Waals surface area contributed by atoms with Crippen LogP contribution in [-0.2, 0) is 20.9 Å². The summed E-state index contributed by atoms with van der Waals surface area (Å²) in [7, 11) is 0. The highest BCUT2D eigenvalue weighted by atomic mass is 19.1. The summed E-state index contributed by atoms with van der Waals surface area (Å²) in [6.07, 6.45) is 2.69. The predicted molar refractivity (Wildman–Crippen MR) is 118 cm³/mol. The predicted octanol–water partition coefficient (Wildman–Crippen LogP) is 3.10. The monoisotopic (exact) mass is 463 g/mol. The van der Waals surface area contributed by atoms with E-state index in [1.54, 1.807) is 36.4 Å². The van der Waals surface area contributed by atoms with Crippen LogP contribution in [0.5, 0.6) is 5.75 Å². The maximum absolute atomic E-state index is 13.0. The van der Waals surface area contributed by atoms with Crippen molar-refractivity contribution < 1.29 is 32.7 Å². The molecule has 1 aliphatic rings. The molecule has 2 N–H and O–H groups in total. The molecule has 10 heteroatoms. The Balaban J connectivity index is 1.49. The van der Waals surface area contributed by atoms with Gasteiger partial charge in [-0.2, -0.15) is 0 Å². The molecule has 0 radical (unpaired) electrons. The molecule has 34 heavy (non-hydrogen) atoms. The van der Waals surface area contributed by atoms with Crippen molar-refractivity contribution in [3.8, 4) is 5.75 Å². The molecule has 1 fully saturated rings. The number of imide groups is 2. The number of carbonyl (C=O) groups excluding carboxylic acids is 4. The average molecular weight is 463 g/mol. The number of carbonyl (C=O) groups is 4. The van der Waals surface area contributed by atoms with Crippen molar-refractivity contribution in [2.75, 3.05) is 11.9 Å². The zero-order chi connectivity index (χ0) is 24.1. The molecule has 1 saturated heterocycles. The summed E-state index contributed by atoms with van der Waals surface area (Å²) in [6, 6.07) is 14.1. The molecule has 172 valence electrons. The number of halogens is 1. The van der Waals surface area contributed by atoms with E-state index in [4.69, 9.17) is 9.15 Å². The van der Waals surface area contributed by atoms with Gasteiger partial charge in [-0.05, 0) is 48.5 Å². The second kappa shape index (κ2) is 9.82. The lowest BCUT2D eigenvalue weighted by atomic mass is 10.1. The Hall–Kier alpha value is -4.73. The number of anilines is 1. The molecule has 0 atom stereocenters. The van der Waals surface area contributed by atoms with Crippen molar-refractivity contribution in [1.82, 2.24) is 10.2 Å². The number of hydrogen-bond donors (Lipinski definition) is 2. The molecule has 2 aromatic carbocycles. The van der Waals surface area contributed by atoms with E-state index in [0.717, 1.165) is 4.90 Å². The first-order valence-electron chi connectivity index (χ1n) is 10.1. The minimum atomic E-state index is -0.856. The number of nitrogens with one attached hydrogen (secondary N) is 2. The van der Waals surface area contributed by atoms with Crippen molar-refractivity contribution in [3.63, 3.8) is 0 Å². The Bertz CT molecular complexity index is 1270. The van der Waals surface area contributed by atoms with Gasteiger partial charge in [-0.25, -0.2) is 9.18 Å². The van der Waals surface area contributed by atoms with Crippen molar-refractivity contribution in [1.29, 1.82) is 0 Å². The molecule has 0 unspecified atom stereocenters. The van der Waals surface area contributed by atoms with E-state index in [2.05, 4.69) is 10.6 Å². The van der Waals surface area contributed by atoms with Crippen LogP contribution in [0.15, 0.2) is 76.9 Å². The van der Waals surface area contributed by atoms with Gasteiger partial charge < -0.3 is 14.5 Å². The van der Waals surface area contributed by atoms with Crippen LogP contribution in [0.4, 0.5) is 14.9 Å². The molecule has 3 aromatic rings. The van der Waals surface area contributed by atoms with Crippen molar-refractivity contribution >= 4 is 35.5 Å². The first-order valence-corrected chi connectivity index (χ1v) is 10.1. The molecule has 9 nitrogen and oxygen atoms in total. The molecular weight excluding hydrogens is 445 g/mol.